The Bertz CT molecular complexity index is 944. The van der Waals surface area contributed by atoms with Crippen LogP contribution in [0.3, 0.4) is 0 Å². The number of nitrogens with one attached hydrogen (secondary N) is 1. The number of aromatic amines is 1. The molecular formula is C21H24N2O5. The number of benzene rings is 1. The number of pyridine rings is 1. The lowest BCUT2D eigenvalue weighted by Gasteiger charge is -2.45. The monoisotopic (exact) mass is 384 g/mol. The molecule has 1 saturated heterocycles. The first-order chi connectivity index (χ1) is 13.6. The predicted molar refractivity (Wildman–Crippen MR) is 103 cm³/mol. The highest BCUT2D eigenvalue weighted by molar-refractivity contribution is 5.92. The molecule has 0 bridgehead atoms. The van der Waals surface area contributed by atoms with Gasteiger partial charge in [-0.1, -0.05) is 6.07 Å². The van der Waals surface area contributed by atoms with E-state index in [1.807, 2.05) is 12.1 Å². The van der Waals surface area contributed by atoms with Crippen LogP contribution in [0.4, 0.5) is 0 Å². The first-order valence-corrected chi connectivity index (χ1v) is 9.44. The number of carbonyl (C=O) groups excluding carboxylic acids is 1. The fourth-order valence-corrected chi connectivity index (χ4v) is 4.21. The molecule has 1 aromatic heterocycles. The van der Waals surface area contributed by atoms with E-state index in [0.717, 1.165) is 17.7 Å². The van der Waals surface area contributed by atoms with E-state index in [4.69, 9.17) is 14.2 Å². The molecule has 148 valence electrons. The molecule has 0 unspecified atom stereocenters. The normalized spacial score (nSPS) is 17.9. The van der Waals surface area contributed by atoms with Crippen molar-refractivity contribution in [3.05, 3.63) is 57.5 Å². The van der Waals surface area contributed by atoms with Crippen LogP contribution in [0.25, 0.3) is 0 Å². The fraction of sp³-hybridized carbons (Fsp3) is 0.429. The zero-order valence-corrected chi connectivity index (χ0v) is 16.1. The highest BCUT2D eigenvalue weighted by Crippen LogP contribution is 2.45. The number of aromatic nitrogens is 1. The Labute approximate surface area is 163 Å². The fourth-order valence-electron chi connectivity index (χ4n) is 4.21. The highest BCUT2D eigenvalue weighted by Gasteiger charge is 2.42. The average Bonchev–Trinajstić information content (AvgIpc) is 2.73. The van der Waals surface area contributed by atoms with Crippen LogP contribution in [0, 0.1) is 0 Å². The summed E-state index contributed by atoms with van der Waals surface area (Å²) in [4.78, 5) is 28.6. The smallest absolute Gasteiger partial charge is 0.270 e. The van der Waals surface area contributed by atoms with Crippen molar-refractivity contribution in [2.45, 2.75) is 24.9 Å². The number of piperidine rings is 1. The predicted octanol–water partition coefficient (Wildman–Crippen LogP) is 2.10. The molecule has 1 fully saturated rings. The molecule has 7 nitrogen and oxygen atoms in total. The number of hydrogen-bond donors (Lipinski definition) is 1. The Morgan fingerprint density at radius 2 is 1.86 bits per heavy atom. The second-order valence-electron chi connectivity index (χ2n) is 7.18. The van der Waals surface area contributed by atoms with Gasteiger partial charge in [0.1, 0.15) is 5.69 Å². The maximum atomic E-state index is 12.7. The Hall–Kier alpha value is -2.80. The second-order valence-corrected chi connectivity index (χ2v) is 7.18. The van der Waals surface area contributed by atoms with Gasteiger partial charge in [-0.05, 0) is 48.6 Å². The van der Waals surface area contributed by atoms with Crippen LogP contribution < -0.4 is 15.0 Å². The number of amides is 1. The third-order valence-electron chi connectivity index (χ3n) is 5.71. The zero-order valence-electron chi connectivity index (χ0n) is 16.1. The van der Waals surface area contributed by atoms with E-state index in [0.29, 0.717) is 44.0 Å². The number of carbonyl (C=O) groups is 1. The van der Waals surface area contributed by atoms with Gasteiger partial charge in [-0.2, -0.15) is 0 Å². The summed E-state index contributed by atoms with van der Waals surface area (Å²) in [5, 5.41) is 0. The van der Waals surface area contributed by atoms with Crippen LogP contribution in [0.1, 0.15) is 34.5 Å². The Kier molecular flexibility index (Phi) is 4.85. The van der Waals surface area contributed by atoms with Crippen LogP contribution in [-0.4, -0.2) is 49.7 Å². The molecule has 4 rings (SSSR count). The number of methoxy groups -OCH3 is 2. The number of rotatable bonds is 3. The third kappa shape index (κ3) is 3.16. The van der Waals surface area contributed by atoms with E-state index in [-0.39, 0.29) is 11.5 Å². The van der Waals surface area contributed by atoms with Gasteiger partial charge in [-0.15, -0.1) is 0 Å². The maximum Gasteiger partial charge on any atom is 0.270 e. The molecule has 2 aromatic rings. The minimum Gasteiger partial charge on any atom is -0.493 e. The van der Waals surface area contributed by atoms with Crippen molar-refractivity contribution in [1.29, 1.82) is 0 Å². The summed E-state index contributed by atoms with van der Waals surface area (Å²) in [5.74, 6) is 1.25. The summed E-state index contributed by atoms with van der Waals surface area (Å²) in [5.41, 5.74) is 1.95. The molecule has 7 heteroatoms. The minimum atomic E-state index is -0.423. The molecule has 0 aliphatic carbocycles. The van der Waals surface area contributed by atoms with Gasteiger partial charge in [0, 0.05) is 19.2 Å². The SMILES string of the molecule is COc1cc2c(cc1OC)C1(CCN(C(=O)c3cccc(=O)[nH]3)CC1)OCC2. The van der Waals surface area contributed by atoms with Crippen LogP contribution >= 0.6 is 0 Å². The minimum absolute atomic E-state index is 0.157. The van der Waals surface area contributed by atoms with Crippen molar-refractivity contribution in [3.8, 4) is 11.5 Å². The molecular weight excluding hydrogens is 360 g/mol. The summed E-state index contributed by atoms with van der Waals surface area (Å²) in [7, 11) is 3.26. The molecule has 1 spiro atoms. The van der Waals surface area contributed by atoms with Crippen molar-refractivity contribution >= 4 is 5.91 Å². The lowest BCUT2D eigenvalue weighted by molar-refractivity contribution is -0.0937. The average molecular weight is 384 g/mol. The molecule has 0 radical (unpaired) electrons. The van der Waals surface area contributed by atoms with Gasteiger partial charge in [0.2, 0.25) is 5.56 Å². The maximum absolute atomic E-state index is 12.7. The largest absolute Gasteiger partial charge is 0.493 e. The van der Waals surface area contributed by atoms with Gasteiger partial charge >= 0.3 is 0 Å². The van der Waals surface area contributed by atoms with E-state index in [1.54, 1.807) is 31.3 Å². The van der Waals surface area contributed by atoms with Crippen LogP contribution in [0.5, 0.6) is 11.5 Å². The first-order valence-electron chi connectivity index (χ1n) is 9.44. The number of likely N-dealkylation sites (tertiary alicyclic amines) is 1. The van der Waals surface area contributed by atoms with Crippen LogP contribution in [0.2, 0.25) is 0 Å². The molecule has 0 saturated carbocycles. The Morgan fingerprint density at radius 1 is 1.14 bits per heavy atom. The van der Waals surface area contributed by atoms with Crippen molar-refractivity contribution in [1.82, 2.24) is 9.88 Å². The Balaban J connectivity index is 1.58. The number of nitrogens with zero attached hydrogens (tertiary/aromatic N) is 1. The van der Waals surface area contributed by atoms with E-state index >= 15 is 0 Å². The van der Waals surface area contributed by atoms with E-state index in [9.17, 15) is 9.59 Å². The molecule has 1 aromatic carbocycles. The molecule has 2 aliphatic rings. The van der Waals surface area contributed by atoms with Crippen LogP contribution in [-0.2, 0) is 16.8 Å². The summed E-state index contributed by atoms with van der Waals surface area (Å²) >= 11 is 0. The highest BCUT2D eigenvalue weighted by atomic mass is 16.5. The van der Waals surface area contributed by atoms with Crippen molar-refractivity contribution < 1.29 is 19.0 Å². The van der Waals surface area contributed by atoms with Crippen molar-refractivity contribution in [3.63, 3.8) is 0 Å². The molecule has 0 atom stereocenters. The van der Waals surface area contributed by atoms with E-state index in [1.165, 1.54) is 11.6 Å². The lowest BCUT2D eigenvalue weighted by Crippen LogP contribution is -2.48. The number of hydrogen-bond acceptors (Lipinski definition) is 5. The Morgan fingerprint density at radius 3 is 2.54 bits per heavy atom. The molecule has 1 N–H and O–H groups in total. The van der Waals surface area contributed by atoms with Crippen molar-refractivity contribution in [2.24, 2.45) is 0 Å². The summed E-state index contributed by atoms with van der Waals surface area (Å²) < 4.78 is 17.2. The number of fused-ring (bicyclic) bond motifs is 2. The third-order valence-corrected chi connectivity index (χ3v) is 5.71. The standard InChI is InChI=1S/C21H24N2O5/c1-26-17-12-14-6-11-28-21(15(14)13-18(17)27-2)7-9-23(10-8-21)20(25)16-4-3-5-19(24)22-16/h3-5,12-13H,6-11H2,1-2H3,(H,22,24). The molecule has 1 amide bonds. The van der Waals surface area contributed by atoms with Gasteiger partial charge in [-0.3, -0.25) is 9.59 Å². The summed E-state index contributed by atoms with van der Waals surface area (Å²) in [6, 6.07) is 8.68. The zero-order chi connectivity index (χ0) is 19.7. The van der Waals surface area contributed by atoms with Gasteiger partial charge < -0.3 is 24.1 Å². The van der Waals surface area contributed by atoms with E-state index in [2.05, 4.69) is 4.98 Å². The summed E-state index contributed by atoms with van der Waals surface area (Å²) in [6.45, 7) is 1.76. The molecule has 3 heterocycles. The topological polar surface area (TPSA) is 80.9 Å². The first kappa shape index (κ1) is 18.6. The second kappa shape index (κ2) is 7.31. The van der Waals surface area contributed by atoms with Gasteiger partial charge in [0.15, 0.2) is 11.5 Å². The summed E-state index contributed by atoms with van der Waals surface area (Å²) in [6.07, 6.45) is 2.21. The molecule has 2 aliphatic heterocycles. The van der Waals surface area contributed by atoms with Crippen LogP contribution in [0.15, 0.2) is 35.1 Å². The number of ether oxygens (including phenoxy) is 3. The van der Waals surface area contributed by atoms with Gasteiger partial charge in [0.05, 0.1) is 26.4 Å². The lowest BCUT2D eigenvalue weighted by atomic mass is 9.79. The van der Waals surface area contributed by atoms with Gasteiger partial charge in [0.25, 0.3) is 5.91 Å². The van der Waals surface area contributed by atoms with Crippen molar-refractivity contribution in [2.75, 3.05) is 33.9 Å². The quantitative estimate of drug-likeness (QED) is 0.877. The van der Waals surface area contributed by atoms with Gasteiger partial charge in [-0.25, -0.2) is 0 Å². The van der Waals surface area contributed by atoms with E-state index < -0.39 is 5.60 Å². The molecule has 28 heavy (non-hydrogen) atoms. The number of H-pyrrole nitrogens is 1.